The fraction of sp³-hybridized carbons (Fsp3) is 0.333. The summed E-state index contributed by atoms with van der Waals surface area (Å²) in [6, 6.07) is 13.2. The summed E-state index contributed by atoms with van der Waals surface area (Å²) in [6.45, 7) is 0.439. The van der Waals surface area contributed by atoms with Gasteiger partial charge in [0.2, 0.25) is 5.75 Å². The molecule has 0 bridgehead atoms. The number of ether oxygens (including phenoxy) is 3. The van der Waals surface area contributed by atoms with Crippen LogP contribution in [0.25, 0.3) is 0 Å². The highest BCUT2D eigenvalue weighted by Crippen LogP contribution is 2.40. The molecular formula is C18H23NO4. The maximum atomic E-state index is 9.08. The van der Waals surface area contributed by atoms with Gasteiger partial charge in [0.1, 0.15) is 6.61 Å². The van der Waals surface area contributed by atoms with E-state index in [9.17, 15) is 0 Å². The molecule has 2 rings (SSSR count). The van der Waals surface area contributed by atoms with Gasteiger partial charge in [-0.25, -0.2) is 0 Å². The van der Waals surface area contributed by atoms with Crippen LogP contribution in [-0.2, 0) is 6.61 Å². The average Bonchev–Trinajstić information content (AvgIpc) is 2.60. The van der Waals surface area contributed by atoms with Crippen LogP contribution < -0.4 is 19.9 Å². The van der Waals surface area contributed by atoms with E-state index in [-0.39, 0.29) is 12.6 Å². The van der Waals surface area contributed by atoms with Crippen LogP contribution in [0.15, 0.2) is 42.5 Å². The van der Waals surface area contributed by atoms with E-state index in [0.717, 1.165) is 11.1 Å². The predicted octanol–water partition coefficient (Wildman–Crippen LogP) is 2.67. The minimum absolute atomic E-state index is 0.0235. The van der Waals surface area contributed by atoms with E-state index < -0.39 is 0 Å². The van der Waals surface area contributed by atoms with Crippen molar-refractivity contribution in [2.45, 2.75) is 19.1 Å². The first-order valence-electron chi connectivity index (χ1n) is 7.48. The van der Waals surface area contributed by atoms with Crippen LogP contribution in [0, 0.1) is 0 Å². The minimum Gasteiger partial charge on any atom is -0.493 e. The van der Waals surface area contributed by atoms with E-state index in [1.54, 1.807) is 14.2 Å². The van der Waals surface area contributed by atoms with Gasteiger partial charge in [0, 0.05) is 12.6 Å². The third-order valence-corrected chi connectivity index (χ3v) is 3.57. The molecule has 5 nitrogen and oxygen atoms in total. The van der Waals surface area contributed by atoms with Crippen molar-refractivity contribution in [3.8, 4) is 17.2 Å². The zero-order valence-corrected chi connectivity index (χ0v) is 13.5. The van der Waals surface area contributed by atoms with Gasteiger partial charge >= 0.3 is 0 Å². The number of aliphatic hydroxyl groups excluding tert-OH is 1. The second-order valence-corrected chi connectivity index (χ2v) is 5.15. The lowest BCUT2D eigenvalue weighted by molar-refractivity contribution is 0.270. The molecule has 0 fully saturated rings. The van der Waals surface area contributed by atoms with Gasteiger partial charge in [-0.3, -0.25) is 0 Å². The third-order valence-electron chi connectivity index (χ3n) is 3.57. The van der Waals surface area contributed by atoms with Crippen molar-refractivity contribution in [2.24, 2.45) is 5.73 Å². The summed E-state index contributed by atoms with van der Waals surface area (Å²) >= 11 is 0. The standard InChI is InChI=1S/C18H23NO4/c1-21-16-10-14(15(19)8-9-20)11-17(18(16)22-2)23-12-13-6-4-3-5-7-13/h3-7,10-11,15,20H,8-9,12,19H2,1-2H3. The molecule has 1 unspecified atom stereocenters. The average molecular weight is 317 g/mol. The molecule has 5 heteroatoms. The molecule has 0 spiro atoms. The molecule has 0 saturated heterocycles. The summed E-state index contributed by atoms with van der Waals surface area (Å²) in [7, 11) is 3.14. The SMILES string of the molecule is COc1cc(C(N)CCO)cc(OCc2ccccc2)c1OC. The van der Waals surface area contributed by atoms with Gasteiger partial charge in [-0.2, -0.15) is 0 Å². The van der Waals surface area contributed by atoms with E-state index in [1.807, 2.05) is 42.5 Å². The molecule has 2 aromatic carbocycles. The second-order valence-electron chi connectivity index (χ2n) is 5.15. The maximum Gasteiger partial charge on any atom is 0.203 e. The van der Waals surface area contributed by atoms with E-state index in [0.29, 0.717) is 30.3 Å². The van der Waals surface area contributed by atoms with Crippen molar-refractivity contribution in [2.75, 3.05) is 20.8 Å². The highest BCUT2D eigenvalue weighted by atomic mass is 16.5. The summed E-state index contributed by atoms with van der Waals surface area (Å²) in [6.07, 6.45) is 0.466. The van der Waals surface area contributed by atoms with Crippen LogP contribution in [0.4, 0.5) is 0 Å². The van der Waals surface area contributed by atoms with Crippen molar-refractivity contribution < 1.29 is 19.3 Å². The molecule has 23 heavy (non-hydrogen) atoms. The first-order valence-corrected chi connectivity index (χ1v) is 7.48. The number of benzene rings is 2. The quantitative estimate of drug-likeness (QED) is 0.783. The minimum atomic E-state index is -0.293. The fourth-order valence-corrected chi connectivity index (χ4v) is 2.31. The van der Waals surface area contributed by atoms with Crippen LogP contribution in [-0.4, -0.2) is 25.9 Å². The Bertz CT molecular complexity index is 616. The first-order chi connectivity index (χ1) is 11.2. The van der Waals surface area contributed by atoms with Gasteiger partial charge in [-0.05, 0) is 29.7 Å². The number of nitrogens with two attached hydrogens (primary N) is 1. The summed E-state index contributed by atoms with van der Waals surface area (Å²) in [5, 5.41) is 9.08. The summed E-state index contributed by atoms with van der Waals surface area (Å²) < 4.78 is 16.7. The van der Waals surface area contributed by atoms with E-state index in [2.05, 4.69) is 0 Å². The van der Waals surface area contributed by atoms with Crippen molar-refractivity contribution in [1.82, 2.24) is 0 Å². The number of rotatable bonds is 8. The van der Waals surface area contributed by atoms with Crippen LogP contribution in [0.3, 0.4) is 0 Å². The lowest BCUT2D eigenvalue weighted by Gasteiger charge is -2.18. The zero-order valence-electron chi connectivity index (χ0n) is 13.5. The van der Waals surface area contributed by atoms with Gasteiger partial charge in [0.25, 0.3) is 0 Å². The predicted molar refractivity (Wildman–Crippen MR) is 89.0 cm³/mol. The van der Waals surface area contributed by atoms with Crippen LogP contribution in [0.2, 0.25) is 0 Å². The Morgan fingerprint density at radius 2 is 1.74 bits per heavy atom. The Kier molecular flexibility index (Phi) is 6.26. The van der Waals surface area contributed by atoms with Crippen LogP contribution in [0.5, 0.6) is 17.2 Å². The fourth-order valence-electron chi connectivity index (χ4n) is 2.31. The number of methoxy groups -OCH3 is 2. The molecular weight excluding hydrogens is 294 g/mol. The molecule has 0 aromatic heterocycles. The maximum absolute atomic E-state index is 9.08. The van der Waals surface area contributed by atoms with Gasteiger partial charge < -0.3 is 25.1 Å². The van der Waals surface area contributed by atoms with Gasteiger partial charge in [0.05, 0.1) is 14.2 Å². The normalized spacial score (nSPS) is 11.8. The molecule has 0 aliphatic rings. The molecule has 0 aliphatic heterocycles. The van der Waals surface area contributed by atoms with E-state index in [1.165, 1.54) is 0 Å². The highest BCUT2D eigenvalue weighted by Gasteiger charge is 2.17. The first kappa shape index (κ1) is 17.1. The summed E-state index contributed by atoms with van der Waals surface area (Å²) in [5.41, 5.74) is 7.97. The van der Waals surface area contributed by atoms with Crippen molar-refractivity contribution in [3.05, 3.63) is 53.6 Å². The largest absolute Gasteiger partial charge is 0.493 e. The van der Waals surface area contributed by atoms with E-state index in [4.69, 9.17) is 25.1 Å². The molecule has 2 aromatic rings. The molecule has 0 aliphatic carbocycles. The van der Waals surface area contributed by atoms with Crippen LogP contribution >= 0.6 is 0 Å². The molecule has 124 valence electrons. The Hall–Kier alpha value is -2.24. The Labute approximate surface area is 136 Å². The molecule has 0 amide bonds. The molecule has 3 N–H and O–H groups in total. The molecule has 0 radical (unpaired) electrons. The van der Waals surface area contributed by atoms with Gasteiger partial charge in [-0.15, -0.1) is 0 Å². The second kappa shape index (κ2) is 8.41. The van der Waals surface area contributed by atoms with Gasteiger partial charge in [-0.1, -0.05) is 30.3 Å². The summed E-state index contributed by atoms with van der Waals surface area (Å²) in [5.74, 6) is 1.66. The third kappa shape index (κ3) is 4.37. The highest BCUT2D eigenvalue weighted by molar-refractivity contribution is 5.54. The molecule has 1 atom stereocenters. The number of hydrogen-bond acceptors (Lipinski definition) is 5. The van der Waals surface area contributed by atoms with Gasteiger partial charge in [0.15, 0.2) is 11.5 Å². The zero-order chi connectivity index (χ0) is 16.7. The smallest absolute Gasteiger partial charge is 0.203 e. The Balaban J connectivity index is 2.29. The Morgan fingerprint density at radius 1 is 1.04 bits per heavy atom. The van der Waals surface area contributed by atoms with E-state index >= 15 is 0 Å². The molecule has 0 heterocycles. The van der Waals surface area contributed by atoms with Crippen LogP contribution in [0.1, 0.15) is 23.6 Å². The topological polar surface area (TPSA) is 73.9 Å². The number of aliphatic hydroxyl groups is 1. The number of hydrogen-bond donors (Lipinski definition) is 2. The Morgan fingerprint density at radius 3 is 2.35 bits per heavy atom. The van der Waals surface area contributed by atoms with Crippen molar-refractivity contribution in [3.63, 3.8) is 0 Å². The molecule has 0 saturated carbocycles. The lowest BCUT2D eigenvalue weighted by Crippen LogP contribution is -2.12. The summed E-state index contributed by atoms with van der Waals surface area (Å²) in [4.78, 5) is 0. The monoisotopic (exact) mass is 317 g/mol. The van der Waals surface area contributed by atoms with Crippen molar-refractivity contribution in [1.29, 1.82) is 0 Å². The lowest BCUT2D eigenvalue weighted by atomic mass is 10.0. The van der Waals surface area contributed by atoms with Crippen molar-refractivity contribution >= 4 is 0 Å².